The molecule has 0 saturated carbocycles. The molecule has 0 radical (unpaired) electrons. The van der Waals surface area contributed by atoms with E-state index in [4.69, 9.17) is 5.11 Å². The molecule has 0 spiro atoms. The molecule has 0 aliphatic heterocycles. The minimum Gasteiger partial charge on any atom is -0.478 e. The van der Waals surface area contributed by atoms with E-state index in [-0.39, 0.29) is 0 Å². The summed E-state index contributed by atoms with van der Waals surface area (Å²) in [5, 5.41) is 10.5. The maximum absolute atomic E-state index is 10.5. The maximum atomic E-state index is 10.5. The number of aryl methyl sites for hydroxylation is 2. The molecular formula is C9H14O2S. The Balaban J connectivity index is 0.000000561. The molecule has 2 nitrogen and oxygen atoms in total. The van der Waals surface area contributed by atoms with E-state index in [9.17, 15) is 4.79 Å². The van der Waals surface area contributed by atoms with E-state index in [0.717, 1.165) is 10.4 Å². The molecule has 0 unspecified atom stereocenters. The second kappa shape index (κ2) is 4.93. The molecule has 0 saturated heterocycles. The zero-order chi connectivity index (χ0) is 9.72. The second-order valence-corrected chi connectivity index (χ2v) is 3.24. The first-order chi connectivity index (χ1) is 5.63. The van der Waals surface area contributed by atoms with Crippen molar-refractivity contribution in [3.8, 4) is 0 Å². The highest BCUT2D eigenvalue weighted by Crippen LogP contribution is 2.20. The number of carboxylic acids is 1. The van der Waals surface area contributed by atoms with Gasteiger partial charge in [0.05, 0.1) is 5.56 Å². The lowest BCUT2D eigenvalue weighted by molar-refractivity contribution is 0.0696. The van der Waals surface area contributed by atoms with Crippen molar-refractivity contribution >= 4 is 17.3 Å². The van der Waals surface area contributed by atoms with Crippen molar-refractivity contribution in [2.45, 2.75) is 27.7 Å². The Morgan fingerprint density at radius 1 is 1.42 bits per heavy atom. The fourth-order valence-corrected chi connectivity index (χ4v) is 1.73. The van der Waals surface area contributed by atoms with Crippen LogP contribution in [0.5, 0.6) is 0 Å². The average Bonchev–Trinajstić information content (AvgIpc) is 2.35. The molecule has 3 heteroatoms. The van der Waals surface area contributed by atoms with Crippen molar-refractivity contribution in [2.75, 3.05) is 0 Å². The van der Waals surface area contributed by atoms with Gasteiger partial charge in [0, 0.05) is 4.88 Å². The molecule has 1 aromatic rings. The minimum atomic E-state index is -0.823. The first-order valence-corrected chi connectivity index (χ1v) is 4.79. The van der Waals surface area contributed by atoms with Gasteiger partial charge in [0.1, 0.15) is 0 Å². The molecule has 1 N–H and O–H groups in total. The molecule has 1 aromatic heterocycles. The van der Waals surface area contributed by atoms with E-state index < -0.39 is 5.97 Å². The number of carbonyl (C=O) groups is 1. The predicted octanol–water partition coefficient (Wildman–Crippen LogP) is 3.09. The number of aromatic carboxylic acids is 1. The van der Waals surface area contributed by atoms with E-state index >= 15 is 0 Å². The second-order valence-electron chi connectivity index (χ2n) is 2.16. The molecule has 0 bridgehead atoms. The number of hydrogen-bond acceptors (Lipinski definition) is 2. The van der Waals surface area contributed by atoms with Crippen LogP contribution in [0.15, 0.2) is 5.38 Å². The summed E-state index contributed by atoms with van der Waals surface area (Å²) in [6, 6.07) is 0. The highest BCUT2D eigenvalue weighted by atomic mass is 32.1. The molecule has 1 rings (SSSR count). The molecule has 1 heterocycles. The third-order valence-corrected chi connectivity index (χ3v) is 2.40. The van der Waals surface area contributed by atoms with Crippen LogP contribution in [0.1, 0.15) is 34.6 Å². The van der Waals surface area contributed by atoms with Gasteiger partial charge in [-0.2, -0.15) is 0 Å². The van der Waals surface area contributed by atoms with Crippen LogP contribution in [-0.4, -0.2) is 11.1 Å². The van der Waals surface area contributed by atoms with Crippen molar-refractivity contribution in [1.29, 1.82) is 0 Å². The van der Waals surface area contributed by atoms with Crippen molar-refractivity contribution < 1.29 is 9.90 Å². The molecule has 0 fully saturated rings. The van der Waals surface area contributed by atoms with Gasteiger partial charge >= 0.3 is 5.97 Å². The standard InChI is InChI=1S/C7H8O2S.C2H6/c1-4-3-10-5(2)6(4)7(8)9;1-2/h3H,1-2H3,(H,8,9);1-2H3. The van der Waals surface area contributed by atoms with Crippen LogP contribution in [-0.2, 0) is 0 Å². The summed E-state index contributed by atoms with van der Waals surface area (Å²) in [6.07, 6.45) is 0. The van der Waals surface area contributed by atoms with E-state index in [1.165, 1.54) is 11.3 Å². The summed E-state index contributed by atoms with van der Waals surface area (Å²) in [6.45, 7) is 7.63. The van der Waals surface area contributed by atoms with Gasteiger partial charge in [0.2, 0.25) is 0 Å². The quantitative estimate of drug-likeness (QED) is 0.731. The van der Waals surface area contributed by atoms with Gasteiger partial charge in [-0.25, -0.2) is 4.79 Å². The summed E-state index contributed by atoms with van der Waals surface area (Å²) < 4.78 is 0. The highest BCUT2D eigenvalue weighted by Gasteiger charge is 2.11. The third kappa shape index (κ3) is 2.34. The zero-order valence-corrected chi connectivity index (χ0v) is 8.66. The molecule has 0 atom stereocenters. The van der Waals surface area contributed by atoms with Gasteiger partial charge < -0.3 is 5.11 Å². The number of thiophene rings is 1. The summed E-state index contributed by atoms with van der Waals surface area (Å²) in [5.74, 6) is -0.823. The Kier molecular flexibility index (Phi) is 4.59. The number of hydrogen-bond donors (Lipinski definition) is 1. The van der Waals surface area contributed by atoms with Crippen LogP contribution in [0.3, 0.4) is 0 Å². The van der Waals surface area contributed by atoms with Gasteiger partial charge in [0.25, 0.3) is 0 Å². The summed E-state index contributed by atoms with van der Waals surface area (Å²) in [4.78, 5) is 11.4. The normalized spacial score (nSPS) is 8.67. The van der Waals surface area contributed by atoms with Crippen LogP contribution in [0.2, 0.25) is 0 Å². The van der Waals surface area contributed by atoms with Crippen LogP contribution >= 0.6 is 11.3 Å². The van der Waals surface area contributed by atoms with Gasteiger partial charge in [0.15, 0.2) is 0 Å². The van der Waals surface area contributed by atoms with Gasteiger partial charge in [-0.1, -0.05) is 13.8 Å². The van der Waals surface area contributed by atoms with E-state index in [2.05, 4.69) is 0 Å². The number of carboxylic acid groups (broad SMARTS) is 1. The van der Waals surface area contributed by atoms with Crippen molar-refractivity contribution in [1.82, 2.24) is 0 Å². The first kappa shape index (κ1) is 11.2. The Hall–Kier alpha value is -0.830. The maximum Gasteiger partial charge on any atom is 0.337 e. The molecule has 0 aliphatic carbocycles. The Labute approximate surface area is 76.9 Å². The Morgan fingerprint density at radius 2 is 1.92 bits per heavy atom. The summed E-state index contributed by atoms with van der Waals surface area (Å²) in [5.41, 5.74) is 1.32. The van der Waals surface area contributed by atoms with Crippen LogP contribution in [0, 0.1) is 13.8 Å². The summed E-state index contributed by atoms with van der Waals surface area (Å²) >= 11 is 1.48. The Bertz CT molecular complexity index is 244. The monoisotopic (exact) mass is 186 g/mol. The van der Waals surface area contributed by atoms with E-state index in [1.54, 1.807) is 0 Å². The van der Waals surface area contributed by atoms with Crippen molar-refractivity contribution in [2.24, 2.45) is 0 Å². The van der Waals surface area contributed by atoms with Gasteiger partial charge in [-0.15, -0.1) is 11.3 Å². The van der Waals surface area contributed by atoms with Crippen LogP contribution in [0.25, 0.3) is 0 Å². The molecule has 68 valence electrons. The topological polar surface area (TPSA) is 37.3 Å². The lowest BCUT2D eigenvalue weighted by Crippen LogP contribution is -1.97. The van der Waals surface area contributed by atoms with Crippen LogP contribution < -0.4 is 0 Å². The lowest BCUT2D eigenvalue weighted by atomic mass is 10.2. The fourth-order valence-electron chi connectivity index (χ4n) is 0.892. The summed E-state index contributed by atoms with van der Waals surface area (Å²) in [7, 11) is 0. The zero-order valence-electron chi connectivity index (χ0n) is 7.84. The highest BCUT2D eigenvalue weighted by molar-refractivity contribution is 7.10. The lowest BCUT2D eigenvalue weighted by Gasteiger charge is -1.91. The SMILES string of the molecule is CC.Cc1csc(C)c1C(=O)O. The minimum absolute atomic E-state index is 0.463. The smallest absolute Gasteiger partial charge is 0.337 e. The molecule has 0 aromatic carbocycles. The molecule has 0 aliphatic rings. The van der Waals surface area contributed by atoms with Crippen molar-refractivity contribution in [3.63, 3.8) is 0 Å². The molecule has 0 amide bonds. The van der Waals surface area contributed by atoms with Crippen molar-refractivity contribution in [3.05, 3.63) is 21.4 Å². The van der Waals surface area contributed by atoms with Crippen LogP contribution in [0.4, 0.5) is 0 Å². The van der Waals surface area contributed by atoms with Gasteiger partial charge in [-0.3, -0.25) is 0 Å². The average molecular weight is 186 g/mol. The predicted molar refractivity (Wildman–Crippen MR) is 52.1 cm³/mol. The fraction of sp³-hybridized carbons (Fsp3) is 0.444. The first-order valence-electron chi connectivity index (χ1n) is 3.91. The van der Waals surface area contributed by atoms with E-state index in [0.29, 0.717) is 5.56 Å². The largest absolute Gasteiger partial charge is 0.478 e. The molecule has 12 heavy (non-hydrogen) atoms. The van der Waals surface area contributed by atoms with Gasteiger partial charge in [-0.05, 0) is 24.8 Å². The number of rotatable bonds is 1. The molecular weight excluding hydrogens is 172 g/mol. The van der Waals surface area contributed by atoms with E-state index in [1.807, 2.05) is 33.1 Å². The Morgan fingerprint density at radius 3 is 2.08 bits per heavy atom. The third-order valence-electron chi connectivity index (χ3n) is 1.37.